The molecule has 2 aliphatic carbocycles. The fraction of sp³-hybridized carbons (Fsp3) is 0.882. The van der Waals surface area contributed by atoms with E-state index in [1.54, 1.807) is 6.33 Å². The summed E-state index contributed by atoms with van der Waals surface area (Å²) in [6.07, 6.45) is 12.5. The largest absolute Gasteiger partial charge is 0.392 e. The minimum absolute atomic E-state index is 0.243. The molecule has 21 heavy (non-hydrogen) atoms. The number of aromatic nitrogens is 3. The van der Waals surface area contributed by atoms with E-state index in [1.807, 2.05) is 4.68 Å². The molecule has 0 saturated heterocycles. The summed E-state index contributed by atoms with van der Waals surface area (Å²) in [4.78, 5) is 4.34. The van der Waals surface area contributed by atoms with Gasteiger partial charge < -0.3 is 5.11 Å². The Kier molecular flexibility index (Phi) is 4.94. The monoisotopic (exact) mass is 291 g/mol. The van der Waals surface area contributed by atoms with Gasteiger partial charge in [-0.3, -0.25) is 4.68 Å². The van der Waals surface area contributed by atoms with Crippen LogP contribution in [-0.4, -0.2) is 26.0 Å². The van der Waals surface area contributed by atoms with Gasteiger partial charge >= 0.3 is 0 Å². The lowest BCUT2D eigenvalue weighted by molar-refractivity contribution is 0.0345. The highest BCUT2D eigenvalue weighted by Gasteiger charge is 2.35. The van der Waals surface area contributed by atoms with Crippen LogP contribution >= 0.6 is 0 Å². The number of hydrogen-bond donors (Lipinski definition) is 1. The lowest BCUT2D eigenvalue weighted by Gasteiger charge is -2.40. The Morgan fingerprint density at radius 1 is 1.24 bits per heavy atom. The highest BCUT2D eigenvalue weighted by molar-refractivity contribution is 4.92. The number of aliphatic hydroxyl groups is 1. The van der Waals surface area contributed by atoms with Crippen LogP contribution in [0.15, 0.2) is 6.33 Å². The predicted molar refractivity (Wildman–Crippen MR) is 82.8 cm³/mol. The third kappa shape index (κ3) is 3.47. The Morgan fingerprint density at radius 3 is 2.86 bits per heavy atom. The lowest BCUT2D eigenvalue weighted by atomic mass is 9.66. The molecule has 2 saturated carbocycles. The number of aryl methyl sites for hydroxylation is 1. The second kappa shape index (κ2) is 6.91. The molecule has 0 aromatic carbocycles. The Balaban J connectivity index is 1.57. The van der Waals surface area contributed by atoms with Crippen molar-refractivity contribution >= 4 is 0 Å². The van der Waals surface area contributed by atoms with Crippen molar-refractivity contribution < 1.29 is 5.11 Å². The van der Waals surface area contributed by atoms with Gasteiger partial charge in [0.05, 0.1) is 6.10 Å². The van der Waals surface area contributed by atoms with Gasteiger partial charge in [0.1, 0.15) is 12.2 Å². The first-order valence-electron chi connectivity index (χ1n) is 8.82. The molecule has 118 valence electrons. The Labute approximate surface area is 128 Å². The third-order valence-electron chi connectivity index (χ3n) is 5.65. The first-order valence-corrected chi connectivity index (χ1v) is 8.82. The molecule has 1 aromatic rings. The predicted octanol–water partition coefficient (Wildman–Crippen LogP) is 3.20. The number of rotatable bonds is 5. The molecular formula is C17H29N3O. The molecule has 2 aliphatic rings. The van der Waals surface area contributed by atoms with E-state index < -0.39 is 0 Å². The maximum Gasteiger partial charge on any atom is 0.138 e. The van der Waals surface area contributed by atoms with E-state index in [4.69, 9.17) is 0 Å². The van der Waals surface area contributed by atoms with Gasteiger partial charge in [-0.1, -0.05) is 32.6 Å². The maximum atomic E-state index is 10.6. The third-order valence-corrected chi connectivity index (χ3v) is 5.65. The average molecular weight is 291 g/mol. The van der Waals surface area contributed by atoms with Crippen molar-refractivity contribution in [2.75, 3.05) is 0 Å². The van der Waals surface area contributed by atoms with Gasteiger partial charge in [0.15, 0.2) is 0 Å². The van der Waals surface area contributed by atoms with E-state index >= 15 is 0 Å². The maximum absolute atomic E-state index is 10.6. The van der Waals surface area contributed by atoms with Gasteiger partial charge in [0.2, 0.25) is 0 Å². The van der Waals surface area contributed by atoms with Gasteiger partial charge in [0, 0.05) is 13.0 Å². The van der Waals surface area contributed by atoms with E-state index in [9.17, 15) is 5.11 Å². The van der Waals surface area contributed by atoms with Gasteiger partial charge in [-0.05, 0) is 43.4 Å². The summed E-state index contributed by atoms with van der Waals surface area (Å²) >= 11 is 0. The second-order valence-electron chi connectivity index (χ2n) is 7.05. The Bertz CT molecular complexity index is 445. The molecule has 0 aliphatic heterocycles. The molecule has 2 fully saturated rings. The van der Waals surface area contributed by atoms with E-state index in [0.29, 0.717) is 12.3 Å². The minimum atomic E-state index is -0.243. The number of hydrogen-bond acceptors (Lipinski definition) is 3. The van der Waals surface area contributed by atoms with Gasteiger partial charge in [-0.15, -0.1) is 0 Å². The summed E-state index contributed by atoms with van der Waals surface area (Å²) in [5, 5.41) is 14.9. The van der Waals surface area contributed by atoms with Gasteiger partial charge in [-0.25, -0.2) is 4.98 Å². The van der Waals surface area contributed by atoms with Crippen molar-refractivity contribution in [1.29, 1.82) is 0 Å². The molecule has 0 spiro atoms. The first kappa shape index (κ1) is 15.0. The van der Waals surface area contributed by atoms with Crippen LogP contribution in [0.1, 0.15) is 64.1 Å². The lowest BCUT2D eigenvalue weighted by Crippen LogP contribution is -2.34. The molecule has 4 unspecified atom stereocenters. The highest BCUT2D eigenvalue weighted by Crippen LogP contribution is 2.43. The summed E-state index contributed by atoms with van der Waals surface area (Å²) < 4.78 is 1.95. The number of nitrogens with zero attached hydrogens (tertiary/aromatic N) is 3. The summed E-state index contributed by atoms with van der Waals surface area (Å²) in [7, 11) is 0. The van der Waals surface area contributed by atoms with Crippen molar-refractivity contribution in [2.45, 2.75) is 77.4 Å². The van der Waals surface area contributed by atoms with Crippen molar-refractivity contribution in [3.05, 3.63) is 12.2 Å². The van der Waals surface area contributed by atoms with Crippen molar-refractivity contribution in [3.8, 4) is 0 Å². The fourth-order valence-corrected chi connectivity index (χ4v) is 4.46. The van der Waals surface area contributed by atoms with Crippen LogP contribution in [0, 0.1) is 17.8 Å². The van der Waals surface area contributed by atoms with Crippen LogP contribution < -0.4 is 0 Å². The molecule has 3 rings (SSSR count). The molecule has 1 aromatic heterocycles. The number of aliphatic hydroxyl groups excluding tert-OH is 1. The normalized spacial score (nSPS) is 30.9. The van der Waals surface area contributed by atoms with Crippen molar-refractivity contribution in [3.63, 3.8) is 0 Å². The zero-order valence-corrected chi connectivity index (χ0v) is 13.2. The standard InChI is InChI=1S/C17H29N3O/c1-2-9-20-17(18-12-19-20)11-16(21)15-8-7-13-5-3-4-6-14(13)10-15/h12-16,21H,2-11H2,1H3. The average Bonchev–Trinajstić information content (AvgIpc) is 2.94. The molecule has 0 amide bonds. The quantitative estimate of drug-likeness (QED) is 0.906. The summed E-state index contributed by atoms with van der Waals surface area (Å²) in [5.74, 6) is 3.25. The van der Waals surface area contributed by atoms with Crippen LogP contribution in [0.5, 0.6) is 0 Å². The molecule has 4 atom stereocenters. The molecule has 1 N–H and O–H groups in total. The molecule has 4 heteroatoms. The van der Waals surface area contributed by atoms with Crippen molar-refractivity contribution in [2.24, 2.45) is 17.8 Å². The zero-order chi connectivity index (χ0) is 14.7. The molecule has 1 heterocycles. The van der Waals surface area contributed by atoms with Gasteiger partial charge in [-0.2, -0.15) is 5.10 Å². The molecular weight excluding hydrogens is 262 g/mol. The van der Waals surface area contributed by atoms with E-state index in [2.05, 4.69) is 17.0 Å². The topological polar surface area (TPSA) is 50.9 Å². The molecule has 0 radical (unpaired) electrons. The zero-order valence-electron chi connectivity index (χ0n) is 13.2. The number of fused-ring (bicyclic) bond motifs is 1. The Hall–Kier alpha value is -0.900. The van der Waals surface area contributed by atoms with E-state index in [-0.39, 0.29) is 6.10 Å². The fourth-order valence-electron chi connectivity index (χ4n) is 4.46. The Morgan fingerprint density at radius 2 is 2.05 bits per heavy atom. The van der Waals surface area contributed by atoms with E-state index in [1.165, 1.54) is 44.9 Å². The minimum Gasteiger partial charge on any atom is -0.392 e. The second-order valence-corrected chi connectivity index (χ2v) is 7.05. The van der Waals surface area contributed by atoms with Crippen LogP contribution in [0.3, 0.4) is 0 Å². The highest BCUT2D eigenvalue weighted by atomic mass is 16.3. The van der Waals surface area contributed by atoms with Crippen LogP contribution in [0.2, 0.25) is 0 Å². The summed E-state index contributed by atoms with van der Waals surface area (Å²) in [6.45, 7) is 3.05. The van der Waals surface area contributed by atoms with Gasteiger partial charge in [0.25, 0.3) is 0 Å². The van der Waals surface area contributed by atoms with Crippen LogP contribution in [-0.2, 0) is 13.0 Å². The van der Waals surface area contributed by atoms with Crippen LogP contribution in [0.4, 0.5) is 0 Å². The first-order chi connectivity index (χ1) is 10.3. The SMILES string of the molecule is CCCn1ncnc1CC(O)C1CCC2CCCCC2C1. The van der Waals surface area contributed by atoms with E-state index in [0.717, 1.165) is 30.6 Å². The smallest absolute Gasteiger partial charge is 0.138 e. The van der Waals surface area contributed by atoms with Crippen LogP contribution in [0.25, 0.3) is 0 Å². The van der Waals surface area contributed by atoms with Crippen molar-refractivity contribution in [1.82, 2.24) is 14.8 Å². The molecule has 4 nitrogen and oxygen atoms in total. The summed E-state index contributed by atoms with van der Waals surface area (Å²) in [6, 6.07) is 0. The summed E-state index contributed by atoms with van der Waals surface area (Å²) in [5.41, 5.74) is 0. The molecule has 0 bridgehead atoms.